The van der Waals surface area contributed by atoms with Crippen LogP contribution >= 0.6 is 0 Å². The van der Waals surface area contributed by atoms with Gasteiger partial charge in [0.15, 0.2) is 0 Å². The fourth-order valence-electron chi connectivity index (χ4n) is 3.43. The summed E-state index contributed by atoms with van der Waals surface area (Å²) >= 11 is 0. The predicted molar refractivity (Wildman–Crippen MR) is 108 cm³/mol. The van der Waals surface area contributed by atoms with Crippen LogP contribution in [0, 0.1) is 11.3 Å². The van der Waals surface area contributed by atoms with E-state index in [1.54, 1.807) is 6.20 Å². The molecule has 0 spiro atoms. The van der Waals surface area contributed by atoms with Gasteiger partial charge in [-0.05, 0) is 29.3 Å². The number of nitrogens with zero attached hydrogens (tertiary/aromatic N) is 3. The molecule has 3 aromatic heterocycles. The highest BCUT2D eigenvalue weighted by atomic mass is 16.3. The van der Waals surface area contributed by atoms with Crippen LogP contribution in [0.4, 0.5) is 0 Å². The van der Waals surface area contributed by atoms with Gasteiger partial charge in [-0.2, -0.15) is 5.26 Å². The molecule has 0 aliphatic rings. The minimum atomic E-state index is -0.828. The van der Waals surface area contributed by atoms with Gasteiger partial charge in [0, 0.05) is 49.1 Å². The van der Waals surface area contributed by atoms with E-state index in [2.05, 4.69) is 21.0 Å². The molecular formula is C22H21N5O. The number of fused-ring (bicyclic) bond motifs is 1. The molecular weight excluding hydrogens is 350 g/mol. The highest BCUT2D eigenvalue weighted by Gasteiger charge is 2.20. The lowest BCUT2D eigenvalue weighted by atomic mass is 10.1. The molecule has 0 saturated carbocycles. The van der Waals surface area contributed by atoms with Gasteiger partial charge in [-0.25, -0.2) is 4.98 Å². The molecule has 0 aliphatic carbocycles. The van der Waals surface area contributed by atoms with Crippen LogP contribution in [0.1, 0.15) is 23.9 Å². The molecule has 140 valence electrons. The van der Waals surface area contributed by atoms with Crippen molar-refractivity contribution in [2.24, 2.45) is 0 Å². The molecule has 6 heteroatoms. The van der Waals surface area contributed by atoms with Crippen molar-refractivity contribution in [3.8, 4) is 17.2 Å². The lowest BCUT2D eigenvalue weighted by molar-refractivity contribution is -0.00584. The van der Waals surface area contributed by atoms with Gasteiger partial charge in [0.05, 0.1) is 11.8 Å². The fourth-order valence-corrected chi connectivity index (χ4v) is 3.43. The number of rotatable bonds is 7. The van der Waals surface area contributed by atoms with Crippen molar-refractivity contribution in [3.05, 3.63) is 78.4 Å². The van der Waals surface area contributed by atoms with E-state index in [0.717, 1.165) is 27.7 Å². The Labute approximate surface area is 163 Å². The van der Waals surface area contributed by atoms with Crippen molar-refractivity contribution in [2.75, 3.05) is 6.54 Å². The molecule has 4 aromatic rings. The lowest BCUT2D eigenvalue weighted by Gasteiger charge is -2.26. The van der Waals surface area contributed by atoms with Gasteiger partial charge in [-0.3, -0.25) is 4.90 Å². The number of hydrogen-bond donors (Lipinski definition) is 3. The number of hydrogen-bond acceptors (Lipinski definition) is 4. The number of benzene rings is 1. The Kier molecular flexibility index (Phi) is 5.20. The van der Waals surface area contributed by atoms with Crippen molar-refractivity contribution < 1.29 is 5.11 Å². The van der Waals surface area contributed by atoms with E-state index in [1.807, 2.05) is 65.8 Å². The molecule has 0 radical (unpaired) electrons. The monoisotopic (exact) mass is 371 g/mol. The summed E-state index contributed by atoms with van der Waals surface area (Å²) in [7, 11) is 0. The van der Waals surface area contributed by atoms with Gasteiger partial charge in [0.1, 0.15) is 11.9 Å². The second-order valence-electron chi connectivity index (χ2n) is 6.68. The van der Waals surface area contributed by atoms with E-state index in [4.69, 9.17) is 5.26 Å². The molecule has 0 saturated heterocycles. The maximum Gasteiger partial charge on any atom is 0.148 e. The Hall–Kier alpha value is -3.40. The van der Waals surface area contributed by atoms with Crippen molar-refractivity contribution in [1.29, 1.82) is 5.26 Å². The Morgan fingerprint density at radius 3 is 2.82 bits per heavy atom. The Balaban J connectivity index is 1.60. The number of aromatic amines is 2. The zero-order chi connectivity index (χ0) is 19.3. The standard InChI is InChI=1S/C22H21N5O/c23-9-4-12-27(15-16-5-2-1-3-6-16)22(28)20-13-17(14-26-20)18-7-10-24-21-19(18)8-11-25-21/h1-3,5-8,10-11,13-14,22,26,28H,4,12,15H2,(H,24,25). The molecule has 4 rings (SSSR count). The topological polar surface area (TPSA) is 91.7 Å². The molecule has 28 heavy (non-hydrogen) atoms. The molecule has 1 aromatic carbocycles. The lowest BCUT2D eigenvalue weighted by Crippen LogP contribution is -2.29. The summed E-state index contributed by atoms with van der Waals surface area (Å²) in [5.41, 5.74) is 4.66. The number of nitriles is 1. The first-order valence-electron chi connectivity index (χ1n) is 9.20. The van der Waals surface area contributed by atoms with Crippen LogP contribution in [0.2, 0.25) is 0 Å². The molecule has 0 bridgehead atoms. The minimum Gasteiger partial charge on any atom is -0.373 e. The molecule has 6 nitrogen and oxygen atoms in total. The predicted octanol–water partition coefficient (Wildman–Crippen LogP) is 3.96. The van der Waals surface area contributed by atoms with Crippen molar-refractivity contribution in [2.45, 2.75) is 19.2 Å². The van der Waals surface area contributed by atoms with Gasteiger partial charge >= 0.3 is 0 Å². The maximum atomic E-state index is 11.0. The van der Waals surface area contributed by atoms with E-state index in [1.165, 1.54) is 0 Å². The van der Waals surface area contributed by atoms with E-state index in [9.17, 15) is 5.11 Å². The first kappa shape index (κ1) is 18.0. The Bertz CT molecular complexity index is 1090. The average molecular weight is 371 g/mol. The largest absolute Gasteiger partial charge is 0.373 e. The summed E-state index contributed by atoms with van der Waals surface area (Å²) in [6.07, 6.45) is 5.06. The van der Waals surface area contributed by atoms with Crippen LogP contribution in [-0.2, 0) is 6.54 Å². The first-order valence-corrected chi connectivity index (χ1v) is 9.20. The van der Waals surface area contributed by atoms with Gasteiger partial charge in [-0.15, -0.1) is 0 Å². The molecule has 0 aliphatic heterocycles. The number of H-pyrrole nitrogens is 2. The van der Waals surface area contributed by atoms with Gasteiger partial charge < -0.3 is 15.1 Å². The van der Waals surface area contributed by atoms with E-state index < -0.39 is 6.23 Å². The zero-order valence-corrected chi connectivity index (χ0v) is 15.3. The number of aliphatic hydroxyl groups excluding tert-OH is 1. The summed E-state index contributed by atoms with van der Waals surface area (Å²) in [5.74, 6) is 0. The average Bonchev–Trinajstić information content (AvgIpc) is 3.40. The van der Waals surface area contributed by atoms with Crippen LogP contribution < -0.4 is 0 Å². The second-order valence-corrected chi connectivity index (χ2v) is 6.68. The quantitative estimate of drug-likeness (QED) is 0.429. The number of aliphatic hydroxyl groups is 1. The van der Waals surface area contributed by atoms with Gasteiger partial charge in [-0.1, -0.05) is 30.3 Å². The van der Waals surface area contributed by atoms with Gasteiger partial charge in [0.25, 0.3) is 0 Å². The maximum absolute atomic E-state index is 11.0. The van der Waals surface area contributed by atoms with Crippen molar-refractivity contribution >= 4 is 11.0 Å². The third-order valence-corrected chi connectivity index (χ3v) is 4.84. The molecule has 3 N–H and O–H groups in total. The third-order valence-electron chi connectivity index (χ3n) is 4.84. The van der Waals surface area contributed by atoms with Crippen LogP contribution in [0.3, 0.4) is 0 Å². The Morgan fingerprint density at radius 2 is 2.00 bits per heavy atom. The van der Waals surface area contributed by atoms with Gasteiger partial charge in [0.2, 0.25) is 0 Å². The highest BCUT2D eigenvalue weighted by molar-refractivity contribution is 5.92. The second kappa shape index (κ2) is 8.09. The molecule has 3 heterocycles. The summed E-state index contributed by atoms with van der Waals surface area (Å²) in [6.45, 7) is 1.05. The van der Waals surface area contributed by atoms with Crippen molar-refractivity contribution in [3.63, 3.8) is 0 Å². The van der Waals surface area contributed by atoms with Crippen LogP contribution in [0.5, 0.6) is 0 Å². The van der Waals surface area contributed by atoms with E-state index in [0.29, 0.717) is 25.2 Å². The first-order chi connectivity index (χ1) is 13.8. The Morgan fingerprint density at radius 1 is 1.14 bits per heavy atom. The summed E-state index contributed by atoms with van der Waals surface area (Å²) in [6, 6.07) is 18.0. The minimum absolute atomic E-state index is 0.353. The van der Waals surface area contributed by atoms with Crippen LogP contribution in [0.15, 0.2) is 67.1 Å². The normalized spacial score (nSPS) is 12.3. The fraction of sp³-hybridized carbons (Fsp3) is 0.182. The smallest absolute Gasteiger partial charge is 0.148 e. The molecule has 0 amide bonds. The molecule has 1 atom stereocenters. The van der Waals surface area contributed by atoms with Crippen LogP contribution in [-0.4, -0.2) is 31.5 Å². The highest BCUT2D eigenvalue weighted by Crippen LogP contribution is 2.30. The number of nitrogens with one attached hydrogen (secondary N) is 2. The SMILES string of the molecule is N#CCCN(Cc1ccccc1)C(O)c1cc(-c2ccnc3[nH]ccc23)c[nH]1. The van der Waals surface area contributed by atoms with E-state index >= 15 is 0 Å². The summed E-state index contributed by atoms with van der Waals surface area (Å²) in [5, 5.41) is 21.0. The zero-order valence-electron chi connectivity index (χ0n) is 15.3. The van der Waals surface area contributed by atoms with Crippen LogP contribution in [0.25, 0.3) is 22.2 Å². The van der Waals surface area contributed by atoms with Crippen molar-refractivity contribution in [1.82, 2.24) is 19.9 Å². The number of aromatic nitrogens is 3. The molecule has 1 unspecified atom stereocenters. The summed E-state index contributed by atoms with van der Waals surface area (Å²) < 4.78 is 0. The number of pyridine rings is 1. The van der Waals surface area contributed by atoms with E-state index in [-0.39, 0.29) is 0 Å². The molecule has 0 fully saturated rings. The third kappa shape index (κ3) is 3.67. The summed E-state index contributed by atoms with van der Waals surface area (Å²) in [4.78, 5) is 12.5.